The summed E-state index contributed by atoms with van der Waals surface area (Å²) in [5.41, 5.74) is 3.23. The van der Waals surface area contributed by atoms with Crippen molar-refractivity contribution in [3.8, 4) is 5.69 Å². The predicted octanol–water partition coefficient (Wildman–Crippen LogP) is 3.43. The normalized spacial score (nSPS) is 16.5. The Hall–Kier alpha value is -2.18. The van der Waals surface area contributed by atoms with E-state index in [0.717, 1.165) is 35.2 Å². The SMILES string of the molecule is c1cc2[nH]ncc2cc1-n1cc2sc(C3CCNCC3)cc2n1. The highest BCUT2D eigenvalue weighted by atomic mass is 32.1. The number of aromatic nitrogens is 4. The van der Waals surface area contributed by atoms with Gasteiger partial charge in [0, 0.05) is 16.5 Å². The molecule has 0 spiro atoms. The maximum Gasteiger partial charge on any atom is 0.104 e. The van der Waals surface area contributed by atoms with E-state index in [2.05, 4.69) is 39.9 Å². The second kappa shape index (κ2) is 5.18. The lowest BCUT2D eigenvalue weighted by Crippen LogP contribution is -2.26. The second-order valence-electron chi connectivity index (χ2n) is 6.14. The van der Waals surface area contributed by atoms with Crippen LogP contribution in [0.2, 0.25) is 0 Å². The van der Waals surface area contributed by atoms with Gasteiger partial charge in [-0.25, -0.2) is 4.68 Å². The van der Waals surface area contributed by atoms with Crippen LogP contribution in [0.15, 0.2) is 36.7 Å². The predicted molar refractivity (Wildman–Crippen MR) is 93.4 cm³/mol. The van der Waals surface area contributed by atoms with Gasteiger partial charge in [0.15, 0.2) is 0 Å². The summed E-state index contributed by atoms with van der Waals surface area (Å²) in [7, 11) is 0. The zero-order valence-corrected chi connectivity index (χ0v) is 13.4. The average molecular weight is 323 g/mol. The summed E-state index contributed by atoms with van der Waals surface area (Å²) in [5, 5.41) is 16.4. The molecule has 1 fully saturated rings. The maximum atomic E-state index is 4.77. The molecule has 6 heteroatoms. The molecule has 23 heavy (non-hydrogen) atoms. The highest BCUT2D eigenvalue weighted by molar-refractivity contribution is 7.19. The Morgan fingerprint density at radius 1 is 1.17 bits per heavy atom. The van der Waals surface area contributed by atoms with Crippen LogP contribution in [0, 0.1) is 0 Å². The van der Waals surface area contributed by atoms with Crippen molar-refractivity contribution in [3.63, 3.8) is 0 Å². The molecule has 1 aromatic carbocycles. The third kappa shape index (κ3) is 2.26. The molecule has 1 aliphatic heterocycles. The third-order valence-corrected chi connectivity index (χ3v) is 5.87. The number of H-pyrrole nitrogens is 1. The van der Waals surface area contributed by atoms with Crippen molar-refractivity contribution >= 4 is 32.5 Å². The van der Waals surface area contributed by atoms with Crippen molar-refractivity contribution < 1.29 is 0 Å². The first-order chi connectivity index (χ1) is 11.4. The lowest BCUT2D eigenvalue weighted by atomic mass is 9.96. The van der Waals surface area contributed by atoms with Gasteiger partial charge in [0.2, 0.25) is 0 Å². The minimum atomic E-state index is 0.700. The number of aromatic amines is 1. The lowest BCUT2D eigenvalue weighted by Gasteiger charge is -2.21. The van der Waals surface area contributed by atoms with Gasteiger partial charge in [0.05, 0.1) is 22.1 Å². The molecule has 0 bridgehead atoms. The minimum Gasteiger partial charge on any atom is -0.317 e. The van der Waals surface area contributed by atoms with Gasteiger partial charge in [-0.1, -0.05) is 0 Å². The summed E-state index contributed by atoms with van der Waals surface area (Å²) in [6.07, 6.45) is 6.46. The first-order valence-electron chi connectivity index (χ1n) is 8.00. The molecule has 0 saturated carbocycles. The van der Waals surface area contributed by atoms with Crippen LogP contribution in [-0.2, 0) is 0 Å². The van der Waals surface area contributed by atoms with E-state index in [1.54, 1.807) is 0 Å². The average Bonchev–Trinajstić information content (AvgIpc) is 3.28. The summed E-state index contributed by atoms with van der Waals surface area (Å²) in [6.45, 7) is 2.26. The summed E-state index contributed by atoms with van der Waals surface area (Å²) in [6, 6.07) is 8.52. The molecular weight excluding hydrogens is 306 g/mol. The van der Waals surface area contributed by atoms with Crippen molar-refractivity contribution in [1.82, 2.24) is 25.3 Å². The van der Waals surface area contributed by atoms with Crippen LogP contribution in [0.1, 0.15) is 23.6 Å². The van der Waals surface area contributed by atoms with Crippen LogP contribution in [-0.4, -0.2) is 33.1 Å². The first kappa shape index (κ1) is 13.3. The fourth-order valence-electron chi connectivity index (χ4n) is 3.35. The molecule has 0 atom stereocenters. The van der Waals surface area contributed by atoms with Crippen LogP contribution >= 0.6 is 11.3 Å². The van der Waals surface area contributed by atoms with Gasteiger partial charge in [-0.05, 0) is 56.1 Å². The van der Waals surface area contributed by atoms with Crippen molar-refractivity contribution in [3.05, 3.63) is 41.5 Å². The number of thiophene rings is 1. The molecule has 4 heterocycles. The molecule has 5 rings (SSSR count). The highest BCUT2D eigenvalue weighted by Gasteiger charge is 2.18. The summed E-state index contributed by atoms with van der Waals surface area (Å²) < 4.78 is 3.24. The van der Waals surface area contributed by atoms with Crippen molar-refractivity contribution in [2.45, 2.75) is 18.8 Å². The minimum absolute atomic E-state index is 0.700. The van der Waals surface area contributed by atoms with Gasteiger partial charge in [-0.3, -0.25) is 5.10 Å². The van der Waals surface area contributed by atoms with E-state index < -0.39 is 0 Å². The van der Waals surface area contributed by atoms with Gasteiger partial charge in [0.25, 0.3) is 0 Å². The van der Waals surface area contributed by atoms with Gasteiger partial charge in [-0.2, -0.15) is 10.2 Å². The Morgan fingerprint density at radius 3 is 2.96 bits per heavy atom. The fourth-order valence-corrected chi connectivity index (χ4v) is 4.54. The van der Waals surface area contributed by atoms with Crippen LogP contribution in [0.5, 0.6) is 0 Å². The van der Waals surface area contributed by atoms with Crippen molar-refractivity contribution in [2.24, 2.45) is 0 Å². The molecule has 2 N–H and O–H groups in total. The molecule has 0 radical (unpaired) electrons. The smallest absolute Gasteiger partial charge is 0.104 e. The molecule has 0 aliphatic carbocycles. The van der Waals surface area contributed by atoms with Gasteiger partial charge in [-0.15, -0.1) is 11.3 Å². The number of hydrogen-bond acceptors (Lipinski definition) is 4. The Labute approximate surface area is 137 Å². The van der Waals surface area contributed by atoms with E-state index in [1.165, 1.54) is 22.4 Å². The van der Waals surface area contributed by atoms with Crippen LogP contribution in [0.3, 0.4) is 0 Å². The van der Waals surface area contributed by atoms with E-state index in [0.29, 0.717) is 5.92 Å². The summed E-state index contributed by atoms with van der Waals surface area (Å²) in [4.78, 5) is 1.49. The second-order valence-corrected chi connectivity index (χ2v) is 7.25. The van der Waals surface area contributed by atoms with Crippen LogP contribution in [0.25, 0.3) is 26.8 Å². The van der Waals surface area contributed by atoms with Gasteiger partial charge in [0.1, 0.15) is 5.52 Å². The molecule has 0 unspecified atom stereocenters. The number of piperidine rings is 1. The van der Waals surface area contributed by atoms with E-state index in [9.17, 15) is 0 Å². The van der Waals surface area contributed by atoms with E-state index in [4.69, 9.17) is 5.10 Å². The number of nitrogens with zero attached hydrogens (tertiary/aromatic N) is 3. The Kier molecular flexibility index (Phi) is 2.99. The van der Waals surface area contributed by atoms with E-state index in [1.807, 2.05) is 28.3 Å². The van der Waals surface area contributed by atoms with Crippen LogP contribution in [0.4, 0.5) is 0 Å². The largest absolute Gasteiger partial charge is 0.317 e. The van der Waals surface area contributed by atoms with Gasteiger partial charge >= 0.3 is 0 Å². The monoisotopic (exact) mass is 323 g/mol. The molecule has 5 nitrogen and oxygen atoms in total. The molecule has 116 valence electrons. The maximum absolute atomic E-state index is 4.77. The zero-order chi connectivity index (χ0) is 15.2. The standard InChI is InChI=1S/C17H17N5S/c1-2-14-12(9-19-20-14)7-13(1)22-10-17-15(21-22)8-16(23-17)11-3-5-18-6-4-11/h1-2,7-11,18H,3-6H2,(H,19,20). The third-order valence-electron chi connectivity index (χ3n) is 4.64. The Balaban J connectivity index is 1.51. The van der Waals surface area contributed by atoms with Crippen LogP contribution < -0.4 is 5.32 Å². The summed E-state index contributed by atoms with van der Waals surface area (Å²) >= 11 is 1.89. The molecular formula is C17H17N5S. The fraction of sp³-hybridized carbons (Fsp3) is 0.294. The van der Waals surface area contributed by atoms with Gasteiger partial charge < -0.3 is 5.32 Å². The Bertz CT molecular complexity index is 942. The molecule has 4 aromatic rings. The number of nitrogens with one attached hydrogen (secondary N) is 2. The Morgan fingerprint density at radius 2 is 2.09 bits per heavy atom. The highest BCUT2D eigenvalue weighted by Crippen LogP contribution is 2.35. The van der Waals surface area contributed by atoms with E-state index in [-0.39, 0.29) is 0 Å². The molecule has 1 aliphatic rings. The lowest BCUT2D eigenvalue weighted by molar-refractivity contribution is 0.465. The molecule has 0 amide bonds. The number of hydrogen-bond donors (Lipinski definition) is 2. The topological polar surface area (TPSA) is 58.5 Å². The van der Waals surface area contributed by atoms with Crippen molar-refractivity contribution in [1.29, 1.82) is 0 Å². The molecule has 3 aromatic heterocycles. The number of rotatable bonds is 2. The number of benzene rings is 1. The first-order valence-corrected chi connectivity index (χ1v) is 8.82. The summed E-state index contributed by atoms with van der Waals surface area (Å²) in [5.74, 6) is 0.700. The van der Waals surface area contributed by atoms with Crippen molar-refractivity contribution in [2.75, 3.05) is 13.1 Å². The quantitative estimate of drug-likeness (QED) is 0.594. The number of fused-ring (bicyclic) bond motifs is 2. The molecule has 1 saturated heterocycles. The van der Waals surface area contributed by atoms with E-state index >= 15 is 0 Å². The zero-order valence-electron chi connectivity index (χ0n) is 12.6.